The molecule has 118 valence electrons. The monoisotopic (exact) mass is 329 g/mol. The van der Waals surface area contributed by atoms with Gasteiger partial charge in [0.05, 0.1) is 0 Å². The minimum Gasteiger partial charge on any atom is -0.452 e. The van der Waals surface area contributed by atoms with Crippen LogP contribution in [-0.2, 0) is 14.3 Å². The largest absolute Gasteiger partial charge is 0.452 e. The summed E-state index contributed by atoms with van der Waals surface area (Å²) in [7, 11) is 0. The van der Waals surface area contributed by atoms with E-state index in [9.17, 15) is 9.59 Å². The van der Waals surface area contributed by atoms with E-state index in [0.29, 0.717) is 10.7 Å². The molecule has 5 heteroatoms. The Morgan fingerprint density at radius 1 is 1.13 bits per heavy atom. The summed E-state index contributed by atoms with van der Waals surface area (Å²) in [5, 5.41) is 3.22. The van der Waals surface area contributed by atoms with Crippen LogP contribution in [0, 0.1) is 6.92 Å². The molecule has 4 nitrogen and oxygen atoms in total. The standard InChI is InChI=1S/C18H16ClNO3/c1-13-15(19)8-5-9-16(13)20-17(21)12-23-18(22)11-10-14-6-3-2-4-7-14/h2-11H,12H2,1H3,(H,20,21)/b11-10+. The zero-order valence-electron chi connectivity index (χ0n) is 12.6. The normalized spacial score (nSPS) is 10.5. The molecule has 0 saturated carbocycles. The van der Waals surface area contributed by atoms with Gasteiger partial charge in [-0.1, -0.05) is 48.0 Å². The van der Waals surface area contributed by atoms with Gasteiger partial charge in [-0.05, 0) is 36.3 Å². The number of amides is 1. The van der Waals surface area contributed by atoms with Gasteiger partial charge in [0.15, 0.2) is 6.61 Å². The zero-order valence-corrected chi connectivity index (χ0v) is 13.3. The number of anilines is 1. The fourth-order valence-corrected chi connectivity index (χ4v) is 2.02. The Bertz CT molecular complexity index is 726. The molecule has 0 fully saturated rings. The molecule has 0 aliphatic rings. The number of esters is 1. The maximum atomic E-state index is 11.8. The fraction of sp³-hybridized carbons (Fsp3) is 0.111. The molecule has 1 amide bonds. The number of hydrogen-bond acceptors (Lipinski definition) is 3. The molecule has 0 radical (unpaired) electrons. The van der Waals surface area contributed by atoms with Crippen LogP contribution < -0.4 is 5.32 Å². The molecular weight excluding hydrogens is 314 g/mol. The Kier molecular flexibility index (Phi) is 5.94. The lowest BCUT2D eigenvalue weighted by Gasteiger charge is -2.09. The lowest BCUT2D eigenvalue weighted by Crippen LogP contribution is -2.20. The first-order chi connectivity index (χ1) is 11.1. The van der Waals surface area contributed by atoms with Crippen LogP contribution >= 0.6 is 11.6 Å². The van der Waals surface area contributed by atoms with Crippen LogP contribution in [0.2, 0.25) is 5.02 Å². The SMILES string of the molecule is Cc1c(Cl)cccc1NC(=O)COC(=O)/C=C/c1ccccc1. The van der Waals surface area contributed by atoms with Crippen LogP contribution in [0.1, 0.15) is 11.1 Å². The molecule has 0 aromatic heterocycles. The molecule has 23 heavy (non-hydrogen) atoms. The van der Waals surface area contributed by atoms with Gasteiger partial charge in [0, 0.05) is 16.8 Å². The van der Waals surface area contributed by atoms with Crippen LogP contribution in [0.3, 0.4) is 0 Å². The first-order valence-electron chi connectivity index (χ1n) is 7.01. The summed E-state index contributed by atoms with van der Waals surface area (Å²) in [6.07, 6.45) is 2.91. The number of carbonyl (C=O) groups is 2. The van der Waals surface area contributed by atoms with E-state index in [4.69, 9.17) is 16.3 Å². The zero-order chi connectivity index (χ0) is 16.7. The number of nitrogens with one attached hydrogen (secondary N) is 1. The Hall–Kier alpha value is -2.59. The summed E-state index contributed by atoms with van der Waals surface area (Å²) in [5.74, 6) is -0.997. The van der Waals surface area contributed by atoms with Crippen LogP contribution in [-0.4, -0.2) is 18.5 Å². The number of rotatable bonds is 5. The predicted molar refractivity (Wildman–Crippen MR) is 91.3 cm³/mol. The van der Waals surface area contributed by atoms with E-state index in [1.54, 1.807) is 31.2 Å². The van der Waals surface area contributed by atoms with Gasteiger partial charge in [0.2, 0.25) is 0 Å². The second-order valence-corrected chi connectivity index (χ2v) is 5.22. The van der Waals surface area contributed by atoms with E-state index in [2.05, 4.69) is 5.32 Å². The molecule has 0 spiro atoms. The average molecular weight is 330 g/mol. The minimum absolute atomic E-state index is 0.357. The molecule has 2 aromatic carbocycles. The molecule has 0 bridgehead atoms. The first kappa shape index (κ1) is 16.8. The molecule has 0 heterocycles. The molecule has 0 aliphatic carbocycles. The Morgan fingerprint density at radius 2 is 1.87 bits per heavy atom. The van der Waals surface area contributed by atoms with Gasteiger partial charge in [-0.15, -0.1) is 0 Å². The highest BCUT2D eigenvalue weighted by atomic mass is 35.5. The van der Waals surface area contributed by atoms with Gasteiger partial charge in [-0.2, -0.15) is 0 Å². The van der Waals surface area contributed by atoms with E-state index < -0.39 is 11.9 Å². The van der Waals surface area contributed by atoms with Crippen molar-refractivity contribution >= 4 is 35.2 Å². The lowest BCUT2D eigenvalue weighted by atomic mass is 10.2. The molecule has 0 unspecified atom stereocenters. The molecule has 0 aliphatic heterocycles. The van der Waals surface area contributed by atoms with Crippen LogP contribution in [0.15, 0.2) is 54.6 Å². The minimum atomic E-state index is -0.577. The van der Waals surface area contributed by atoms with Crippen molar-refractivity contribution in [3.8, 4) is 0 Å². The van der Waals surface area contributed by atoms with Crippen molar-refractivity contribution in [1.82, 2.24) is 0 Å². The van der Waals surface area contributed by atoms with Crippen molar-refractivity contribution in [2.75, 3.05) is 11.9 Å². The topological polar surface area (TPSA) is 55.4 Å². The summed E-state index contributed by atoms with van der Waals surface area (Å²) in [5.41, 5.74) is 2.24. The summed E-state index contributed by atoms with van der Waals surface area (Å²) in [6, 6.07) is 14.5. The second kappa shape index (κ2) is 8.15. The molecule has 1 N–H and O–H groups in total. The number of carbonyl (C=O) groups excluding carboxylic acids is 2. The number of halogens is 1. The Morgan fingerprint density at radius 3 is 2.61 bits per heavy atom. The second-order valence-electron chi connectivity index (χ2n) is 4.81. The molecular formula is C18H16ClNO3. The molecule has 2 rings (SSSR count). The number of ether oxygens (including phenoxy) is 1. The highest BCUT2D eigenvalue weighted by molar-refractivity contribution is 6.31. The molecule has 0 atom stereocenters. The average Bonchev–Trinajstić information content (AvgIpc) is 2.56. The highest BCUT2D eigenvalue weighted by Crippen LogP contribution is 2.22. The summed E-state index contributed by atoms with van der Waals surface area (Å²) < 4.78 is 4.90. The third kappa shape index (κ3) is 5.27. The third-order valence-corrected chi connectivity index (χ3v) is 3.51. The highest BCUT2D eigenvalue weighted by Gasteiger charge is 2.08. The lowest BCUT2D eigenvalue weighted by molar-refractivity contribution is -0.142. The van der Waals surface area contributed by atoms with Gasteiger partial charge >= 0.3 is 5.97 Å². The van der Waals surface area contributed by atoms with Gasteiger partial charge in [0.1, 0.15) is 0 Å². The summed E-state index contributed by atoms with van der Waals surface area (Å²) in [4.78, 5) is 23.4. The van der Waals surface area contributed by atoms with Crippen LogP contribution in [0.4, 0.5) is 5.69 Å². The van der Waals surface area contributed by atoms with Crippen LogP contribution in [0.25, 0.3) is 6.08 Å². The quantitative estimate of drug-likeness (QED) is 0.669. The maximum Gasteiger partial charge on any atom is 0.331 e. The van der Waals surface area contributed by atoms with Gasteiger partial charge in [-0.25, -0.2) is 4.79 Å². The van der Waals surface area contributed by atoms with Crippen molar-refractivity contribution in [2.45, 2.75) is 6.92 Å². The number of hydrogen-bond donors (Lipinski definition) is 1. The van der Waals surface area contributed by atoms with Crippen LogP contribution in [0.5, 0.6) is 0 Å². The summed E-state index contributed by atoms with van der Waals surface area (Å²) >= 11 is 5.98. The van der Waals surface area contributed by atoms with E-state index >= 15 is 0 Å². The summed E-state index contributed by atoms with van der Waals surface area (Å²) in [6.45, 7) is 1.44. The smallest absolute Gasteiger partial charge is 0.331 e. The van der Waals surface area contributed by atoms with Crippen molar-refractivity contribution < 1.29 is 14.3 Å². The van der Waals surface area contributed by atoms with Crippen molar-refractivity contribution in [2.24, 2.45) is 0 Å². The first-order valence-corrected chi connectivity index (χ1v) is 7.39. The number of benzene rings is 2. The van der Waals surface area contributed by atoms with E-state index in [1.807, 2.05) is 30.3 Å². The maximum absolute atomic E-state index is 11.8. The van der Waals surface area contributed by atoms with E-state index in [0.717, 1.165) is 11.1 Å². The fourth-order valence-electron chi connectivity index (χ4n) is 1.84. The van der Waals surface area contributed by atoms with Crippen molar-refractivity contribution in [3.63, 3.8) is 0 Å². The third-order valence-electron chi connectivity index (χ3n) is 3.10. The Labute approximate surface area is 139 Å². The molecule has 2 aromatic rings. The van der Waals surface area contributed by atoms with Crippen molar-refractivity contribution in [3.05, 3.63) is 70.8 Å². The van der Waals surface area contributed by atoms with Gasteiger partial charge < -0.3 is 10.1 Å². The van der Waals surface area contributed by atoms with E-state index in [-0.39, 0.29) is 6.61 Å². The van der Waals surface area contributed by atoms with Gasteiger partial charge in [0.25, 0.3) is 5.91 Å². The molecule has 0 saturated heterocycles. The predicted octanol–water partition coefficient (Wildman–Crippen LogP) is 3.84. The van der Waals surface area contributed by atoms with Gasteiger partial charge in [-0.3, -0.25) is 4.79 Å². The van der Waals surface area contributed by atoms with E-state index in [1.165, 1.54) is 6.08 Å². The Balaban J connectivity index is 1.83. The van der Waals surface area contributed by atoms with Crippen molar-refractivity contribution in [1.29, 1.82) is 0 Å².